The fourth-order valence-corrected chi connectivity index (χ4v) is 1.67. The summed E-state index contributed by atoms with van der Waals surface area (Å²) in [5.74, 6) is 0. The molecule has 0 unspecified atom stereocenters. The van der Waals surface area contributed by atoms with E-state index in [1.165, 1.54) is 0 Å². The zero-order chi connectivity index (χ0) is 16.0. The van der Waals surface area contributed by atoms with Gasteiger partial charge in [-0.3, -0.25) is 4.79 Å². The molecule has 0 aliphatic heterocycles. The normalized spacial score (nSPS) is 12.1. The lowest BCUT2D eigenvalue weighted by Crippen LogP contribution is -2.43. The third-order valence-electron chi connectivity index (χ3n) is 2.53. The van der Waals surface area contributed by atoms with Gasteiger partial charge in [-0.25, -0.2) is 4.79 Å². The fourth-order valence-electron chi connectivity index (χ4n) is 1.67. The maximum Gasteiger partial charge on any atom is 0.408 e. The number of nitriles is 1. The van der Waals surface area contributed by atoms with Crippen molar-refractivity contribution >= 4 is 12.1 Å². The molecule has 0 saturated carbocycles. The van der Waals surface area contributed by atoms with E-state index in [1.54, 1.807) is 45.0 Å². The zero-order valence-corrected chi connectivity index (χ0v) is 12.1. The number of benzene rings is 1. The number of hydrogen-bond acceptors (Lipinski definition) is 4. The largest absolute Gasteiger partial charge is 0.444 e. The van der Waals surface area contributed by atoms with Crippen LogP contribution in [0.1, 0.15) is 31.9 Å². The minimum Gasteiger partial charge on any atom is -0.444 e. The van der Waals surface area contributed by atoms with Crippen molar-refractivity contribution in [1.82, 2.24) is 5.32 Å². The zero-order valence-electron chi connectivity index (χ0n) is 12.1. The van der Waals surface area contributed by atoms with Crippen LogP contribution in [-0.2, 0) is 16.0 Å². The summed E-state index contributed by atoms with van der Waals surface area (Å²) >= 11 is 0. The molecule has 112 valence electrons. The average Bonchev–Trinajstić information content (AvgIpc) is 2.36. The van der Waals surface area contributed by atoms with E-state index in [0.29, 0.717) is 11.1 Å². The van der Waals surface area contributed by atoms with E-state index in [9.17, 15) is 14.0 Å². The van der Waals surface area contributed by atoms with Crippen molar-refractivity contribution in [2.75, 3.05) is 0 Å². The first-order valence-electron chi connectivity index (χ1n) is 6.40. The highest BCUT2D eigenvalue weighted by molar-refractivity contribution is 5.81. The highest BCUT2D eigenvalue weighted by Crippen LogP contribution is 2.12. The van der Waals surface area contributed by atoms with Crippen LogP contribution >= 0.6 is 0 Å². The average molecular weight is 292 g/mol. The number of nitrogens with zero attached hydrogens (tertiary/aromatic N) is 1. The number of carbonyl (C=O) groups excluding carboxylic acids is 2. The summed E-state index contributed by atoms with van der Waals surface area (Å²) in [7, 11) is 0. The van der Waals surface area contributed by atoms with Crippen LogP contribution in [-0.4, -0.2) is 23.8 Å². The van der Waals surface area contributed by atoms with E-state index in [0.717, 1.165) is 0 Å². The molecule has 0 aliphatic rings. The first-order chi connectivity index (χ1) is 9.73. The summed E-state index contributed by atoms with van der Waals surface area (Å²) in [5, 5.41) is 11.1. The van der Waals surface area contributed by atoms with Crippen LogP contribution < -0.4 is 5.32 Å². The van der Waals surface area contributed by atoms with Gasteiger partial charge in [0.15, 0.2) is 0 Å². The smallest absolute Gasteiger partial charge is 0.408 e. The van der Waals surface area contributed by atoms with E-state index < -0.39 is 23.8 Å². The number of halogens is 1. The van der Waals surface area contributed by atoms with Crippen LogP contribution in [0.15, 0.2) is 24.3 Å². The van der Waals surface area contributed by atoms with Gasteiger partial charge in [-0.15, -0.1) is 0 Å². The Morgan fingerprint density at radius 1 is 1.38 bits per heavy atom. The lowest BCUT2D eigenvalue weighted by atomic mass is 10.0. The summed E-state index contributed by atoms with van der Waals surface area (Å²) in [5.41, 5.74) is 0.0558. The van der Waals surface area contributed by atoms with Gasteiger partial charge in [0.25, 0.3) is 0 Å². The Balaban J connectivity index is 2.82. The van der Waals surface area contributed by atoms with Gasteiger partial charge in [0.1, 0.15) is 11.6 Å². The Labute approximate surface area is 122 Å². The molecule has 0 fully saturated rings. The van der Waals surface area contributed by atoms with Gasteiger partial charge in [0.05, 0.1) is 11.6 Å². The van der Waals surface area contributed by atoms with Gasteiger partial charge < -0.3 is 10.1 Å². The molecule has 0 aliphatic carbocycles. The lowest BCUT2D eigenvalue weighted by molar-refractivity contribution is -0.131. The highest BCUT2D eigenvalue weighted by atomic mass is 19.1. The maximum absolute atomic E-state index is 13.1. The van der Waals surface area contributed by atoms with E-state index in [1.807, 2.05) is 6.07 Å². The second kappa shape index (κ2) is 6.84. The van der Waals surface area contributed by atoms with Gasteiger partial charge in [-0.1, -0.05) is 18.2 Å². The molecule has 1 aromatic rings. The lowest BCUT2D eigenvalue weighted by Gasteiger charge is -2.22. The monoisotopic (exact) mass is 292 g/mol. The Bertz CT molecular complexity index is 573. The molecule has 0 aromatic heterocycles. The Kier molecular flexibility index (Phi) is 5.42. The molecule has 0 saturated heterocycles. The number of carbonyl (C=O) groups is 2. The second-order valence-corrected chi connectivity index (χ2v) is 5.48. The fraction of sp³-hybridized carbons (Fsp3) is 0.400. The highest BCUT2D eigenvalue weighted by Gasteiger charge is 2.25. The Morgan fingerprint density at radius 2 is 2.00 bits per heavy atom. The van der Waals surface area contributed by atoms with E-state index >= 15 is 0 Å². The van der Waals surface area contributed by atoms with Crippen LogP contribution in [0.4, 0.5) is 9.18 Å². The minimum absolute atomic E-state index is 0.113. The van der Waals surface area contributed by atoms with Crippen LogP contribution in [0.25, 0.3) is 0 Å². The van der Waals surface area contributed by atoms with Crippen LogP contribution in [0, 0.1) is 11.3 Å². The molecule has 0 spiro atoms. The number of ether oxygens (including phenoxy) is 1. The van der Waals surface area contributed by atoms with Crippen LogP contribution in [0.5, 0.6) is 0 Å². The molecule has 1 rings (SSSR count). The van der Waals surface area contributed by atoms with Gasteiger partial charge in [-0.05, 0) is 32.4 Å². The number of alkyl carbamates (subject to hydrolysis) is 1. The van der Waals surface area contributed by atoms with Crippen molar-refractivity contribution in [2.24, 2.45) is 0 Å². The number of nitrogens with one attached hydrogen (secondary N) is 1. The van der Waals surface area contributed by atoms with Gasteiger partial charge in [0, 0.05) is 6.42 Å². The predicted octanol–water partition coefficient (Wildman–Crippen LogP) is 2.49. The van der Waals surface area contributed by atoms with Gasteiger partial charge >= 0.3 is 12.1 Å². The molecule has 21 heavy (non-hydrogen) atoms. The summed E-state index contributed by atoms with van der Waals surface area (Å²) in [6, 6.07) is 5.38. The summed E-state index contributed by atoms with van der Waals surface area (Å²) < 4.78 is 18.1. The van der Waals surface area contributed by atoms with Crippen LogP contribution in [0.2, 0.25) is 0 Å². The SMILES string of the molecule is CC(C)(C)OC(=O)N[C@@H](Cc1ccccc1C#N)C(=O)F. The van der Waals surface area contributed by atoms with E-state index in [-0.39, 0.29) is 6.42 Å². The molecule has 0 bridgehead atoms. The third-order valence-corrected chi connectivity index (χ3v) is 2.53. The van der Waals surface area contributed by atoms with Crippen molar-refractivity contribution in [3.8, 4) is 6.07 Å². The molecule has 1 aromatic carbocycles. The van der Waals surface area contributed by atoms with E-state index in [2.05, 4.69) is 5.32 Å². The first kappa shape index (κ1) is 16.6. The van der Waals surface area contributed by atoms with Crippen molar-refractivity contribution in [3.05, 3.63) is 35.4 Å². The van der Waals surface area contributed by atoms with Crippen molar-refractivity contribution < 1.29 is 18.7 Å². The first-order valence-corrected chi connectivity index (χ1v) is 6.40. The maximum atomic E-state index is 13.1. The van der Waals surface area contributed by atoms with Gasteiger partial charge in [-0.2, -0.15) is 9.65 Å². The quantitative estimate of drug-likeness (QED) is 0.865. The summed E-state index contributed by atoms with van der Waals surface area (Å²) in [4.78, 5) is 22.6. The van der Waals surface area contributed by atoms with Crippen molar-refractivity contribution in [1.29, 1.82) is 5.26 Å². The molecule has 0 radical (unpaired) electrons. The number of amides is 1. The number of rotatable bonds is 4. The molecule has 1 amide bonds. The number of hydrogen-bond donors (Lipinski definition) is 1. The van der Waals surface area contributed by atoms with Crippen molar-refractivity contribution in [3.63, 3.8) is 0 Å². The second-order valence-electron chi connectivity index (χ2n) is 5.48. The molecular formula is C15H17FN2O3. The Morgan fingerprint density at radius 3 is 2.52 bits per heavy atom. The van der Waals surface area contributed by atoms with Crippen LogP contribution in [0.3, 0.4) is 0 Å². The predicted molar refractivity (Wildman–Crippen MR) is 74.1 cm³/mol. The molecule has 1 atom stereocenters. The Hall–Kier alpha value is -2.42. The molecule has 1 N–H and O–H groups in total. The minimum atomic E-state index is -1.69. The topological polar surface area (TPSA) is 79.2 Å². The standard InChI is InChI=1S/C15H17FN2O3/c1-15(2,3)21-14(20)18-12(13(16)19)8-10-6-4-5-7-11(10)9-17/h4-7,12H,8H2,1-3H3,(H,18,20)/t12-/m0/s1. The third kappa shape index (κ3) is 5.61. The molecule has 6 heteroatoms. The molecule has 0 heterocycles. The summed E-state index contributed by atoms with van der Waals surface area (Å²) in [6.07, 6.45) is -0.994. The van der Waals surface area contributed by atoms with Crippen molar-refractivity contribution in [2.45, 2.75) is 38.8 Å². The molecular weight excluding hydrogens is 275 g/mol. The van der Waals surface area contributed by atoms with E-state index in [4.69, 9.17) is 10.00 Å². The summed E-state index contributed by atoms with van der Waals surface area (Å²) in [6.45, 7) is 4.97. The molecule has 5 nitrogen and oxygen atoms in total. The van der Waals surface area contributed by atoms with Gasteiger partial charge in [0.2, 0.25) is 0 Å².